The van der Waals surface area contributed by atoms with Crippen molar-refractivity contribution in [3.63, 3.8) is 0 Å². The van der Waals surface area contributed by atoms with Crippen molar-refractivity contribution < 1.29 is 9.50 Å². The van der Waals surface area contributed by atoms with Gasteiger partial charge in [-0.2, -0.15) is 4.39 Å². The molecule has 21 heavy (non-hydrogen) atoms. The Morgan fingerprint density at radius 2 is 2.14 bits per heavy atom. The molecule has 0 aliphatic heterocycles. The quantitative estimate of drug-likeness (QED) is 0.768. The summed E-state index contributed by atoms with van der Waals surface area (Å²) < 4.78 is 12.7. The van der Waals surface area contributed by atoms with Crippen molar-refractivity contribution in [2.75, 3.05) is 6.54 Å². The van der Waals surface area contributed by atoms with Gasteiger partial charge < -0.3 is 10.4 Å². The molecule has 0 spiro atoms. The predicted octanol–water partition coefficient (Wildman–Crippen LogP) is 2.26. The first kappa shape index (κ1) is 15.5. The fourth-order valence-corrected chi connectivity index (χ4v) is 2.04. The van der Waals surface area contributed by atoms with Crippen molar-refractivity contribution in [2.45, 2.75) is 31.9 Å². The van der Waals surface area contributed by atoms with Crippen molar-refractivity contribution >= 4 is 0 Å². The first-order valence-corrected chi connectivity index (χ1v) is 7.07. The average molecular weight is 289 g/mol. The highest BCUT2D eigenvalue weighted by atomic mass is 19.1. The van der Waals surface area contributed by atoms with E-state index in [1.54, 1.807) is 24.7 Å². The molecule has 0 fully saturated rings. The maximum Gasteiger partial charge on any atom is 0.212 e. The molecule has 0 bridgehead atoms. The zero-order valence-corrected chi connectivity index (χ0v) is 12.0. The monoisotopic (exact) mass is 289 g/mol. The van der Waals surface area contributed by atoms with Crippen LogP contribution in [0.5, 0.6) is 0 Å². The molecule has 2 unspecified atom stereocenters. The lowest BCUT2D eigenvalue weighted by molar-refractivity contribution is 0.169. The van der Waals surface area contributed by atoms with Crippen LogP contribution in [0.15, 0.2) is 42.9 Å². The molecule has 112 valence electrons. The van der Waals surface area contributed by atoms with Gasteiger partial charge in [-0.1, -0.05) is 12.1 Å². The van der Waals surface area contributed by atoms with Crippen molar-refractivity contribution in [1.82, 2.24) is 15.3 Å². The number of aromatic nitrogens is 2. The molecule has 4 nitrogen and oxygen atoms in total. The number of hydrogen-bond donors (Lipinski definition) is 2. The molecule has 0 saturated heterocycles. The summed E-state index contributed by atoms with van der Waals surface area (Å²) in [7, 11) is 0. The number of aliphatic hydroxyl groups is 1. The molecule has 2 aromatic rings. The SMILES string of the molecule is CC(CCc1ccc(F)nc1)NCC(O)c1cccnc1. The van der Waals surface area contributed by atoms with Crippen LogP contribution < -0.4 is 5.32 Å². The van der Waals surface area contributed by atoms with Crippen LogP contribution >= 0.6 is 0 Å². The topological polar surface area (TPSA) is 58.0 Å². The number of aryl methyl sites for hydroxylation is 1. The molecule has 2 N–H and O–H groups in total. The highest BCUT2D eigenvalue weighted by Crippen LogP contribution is 2.10. The maximum atomic E-state index is 12.7. The van der Waals surface area contributed by atoms with Crippen LogP contribution in [0.1, 0.15) is 30.6 Å². The van der Waals surface area contributed by atoms with Gasteiger partial charge in [0.05, 0.1) is 6.10 Å². The van der Waals surface area contributed by atoms with Crippen molar-refractivity contribution in [1.29, 1.82) is 0 Å². The van der Waals surface area contributed by atoms with Crippen LogP contribution in [0.25, 0.3) is 0 Å². The summed E-state index contributed by atoms with van der Waals surface area (Å²) in [6, 6.07) is 7.04. The van der Waals surface area contributed by atoms with E-state index in [9.17, 15) is 9.50 Å². The Morgan fingerprint density at radius 3 is 2.81 bits per heavy atom. The van der Waals surface area contributed by atoms with Crippen LogP contribution in [0, 0.1) is 5.95 Å². The van der Waals surface area contributed by atoms with Gasteiger partial charge in [-0.05, 0) is 37.5 Å². The second kappa shape index (κ2) is 7.81. The predicted molar refractivity (Wildman–Crippen MR) is 79.2 cm³/mol. The van der Waals surface area contributed by atoms with Gasteiger partial charge in [0.15, 0.2) is 0 Å². The van der Waals surface area contributed by atoms with E-state index in [1.165, 1.54) is 6.07 Å². The minimum atomic E-state index is -0.561. The van der Waals surface area contributed by atoms with Gasteiger partial charge in [-0.15, -0.1) is 0 Å². The van der Waals surface area contributed by atoms with E-state index in [2.05, 4.69) is 22.2 Å². The lowest BCUT2D eigenvalue weighted by Crippen LogP contribution is -2.30. The molecule has 2 heterocycles. The van der Waals surface area contributed by atoms with E-state index >= 15 is 0 Å². The van der Waals surface area contributed by atoms with E-state index < -0.39 is 12.1 Å². The Morgan fingerprint density at radius 1 is 1.29 bits per heavy atom. The molecule has 0 radical (unpaired) electrons. The lowest BCUT2D eigenvalue weighted by atomic mass is 10.1. The first-order chi connectivity index (χ1) is 10.1. The van der Waals surface area contributed by atoms with Gasteiger partial charge in [0.2, 0.25) is 5.95 Å². The third-order valence-electron chi connectivity index (χ3n) is 3.38. The fourth-order valence-electron chi connectivity index (χ4n) is 2.04. The molecule has 0 saturated carbocycles. The Bertz CT molecular complexity index is 533. The standard InChI is InChI=1S/C16H20FN3O/c1-12(4-5-13-6-7-16(17)20-9-13)19-11-15(21)14-3-2-8-18-10-14/h2-3,6-10,12,15,19,21H,4-5,11H2,1H3. The Labute approximate surface area is 124 Å². The number of pyridine rings is 2. The summed E-state index contributed by atoms with van der Waals surface area (Å²) in [6.07, 6.45) is 6.07. The number of rotatable bonds is 7. The minimum Gasteiger partial charge on any atom is -0.387 e. The summed E-state index contributed by atoms with van der Waals surface area (Å²) in [5.41, 5.74) is 1.82. The van der Waals surface area contributed by atoms with Crippen molar-refractivity contribution in [3.8, 4) is 0 Å². The number of halogens is 1. The number of aliphatic hydroxyl groups excluding tert-OH is 1. The molecule has 0 aliphatic carbocycles. The van der Waals surface area contributed by atoms with E-state index in [-0.39, 0.29) is 6.04 Å². The van der Waals surface area contributed by atoms with E-state index in [4.69, 9.17) is 0 Å². The van der Waals surface area contributed by atoms with Crippen LogP contribution in [0.4, 0.5) is 4.39 Å². The normalized spacial score (nSPS) is 13.9. The van der Waals surface area contributed by atoms with Gasteiger partial charge in [-0.25, -0.2) is 4.98 Å². The number of nitrogens with zero attached hydrogens (tertiary/aromatic N) is 2. The molecule has 2 aromatic heterocycles. The highest BCUT2D eigenvalue weighted by molar-refractivity contribution is 5.12. The number of hydrogen-bond acceptors (Lipinski definition) is 4. The summed E-state index contributed by atoms with van der Waals surface area (Å²) in [6.45, 7) is 2.54. The third kappa shape index (κ3) is 5.21. The summed E-state index contributed by atoms with van der Waals surface area (Å²) in [5, 5.41) is 13.3. The second-order valence-electron chi connectivity index (χ2n) is 5.14. The summed E-state index contributed by atoms with van der Waals surface area (Å²) in [5.74, 6) is -0.454. The van der Waals surface area contributed by atoms with Crippen LogP contribution in [-0.4, -0.2) is 27.7 Å². The zero-order valence-electron chi connectivity index (χ0n) is 12.0. The van der Waals surface area contributed by atoms with Crippen molar-refractivity contribution in [3.05, 3.63) is 59.9 Å². The van der Waals surface area contributed by atoms with Crippen molar-refractivity contribution in [2.24, 2.45) is 0 Å². The molecule has 0 amide bonds. The molecular formula is C16H20FN3O. The van der Waals surface area contributed by atoms with Gasteiger partial charge in [0.1, 0.15) is 0 Å². The van der Waals surface area contributed by atoms with E-state index in [0.717, 1.165) is 24.0 Å². The summed E-state index contributed by atoms with van der Waals surface area (Å²) in [4.78, 5) is 7.63. The Hall–Kier alpha value is -1.85. The molecule has 0 aromatic carbocycles. The van der Waals surface area contributed by atoms with Gasteiger partial charge in [0, 0.05) is 36.7 Å². The number of nitrogens with one attached hydrogen (secondary N) is 1. The highest BCUT2D eigenvalue weighted by Gasteiger charge is 2.09. The molecule has 2 rings (SSSR count). The Balaban J connectivity index is 1.72. The minimum absolute atomic E-state index is 0.251. The fraction of sp³-hybridized carbons (Fsp3) is 0.375. The maximum absolute atomic E-state index is 12.7. The van der Waals surface area contributed by atoms with Crippen LogP contribution in [-0.2, 0) is 6.42 Å². The molecular weight excluding hydrogens is 269 g/mol. The van der Waals surface area contributed by atoms with Crippen LogP contribution in [0.3, 0.4) is 0 Å². The van der Waals surface area contributed by atoms with Gasteiger partial charge in [-0.3, -0.25) is 4.98 Å². The summed E-state index contributed by atoms with van der Waals surface area (Å²) >= 11 is 0. The largest absolute Gasteiger partial charge is 0.387 e. The van der Waals surface area contributed by atoms with E-state index in [0.29, 0.717) is 6.54 Å². The third-order valence-corrected chi connectivity index (χ3v) is 3.38. The smallest absolute Gasteiger partial charge is 0.212 e. The first-order valence-electron chi connectivity index (χ1n) is 7.07. The average Bonchev–Trinajstić information content (AvgIpc) is 2.53. The Kier molecular flexibility index (Phi) is 5.78. The van der Waals surface area contributed by atoms with E-state index in [1.807, 2.05) is 12.1 Å². The lowest BCUT2D eigenvalue weighted by Gasteiger charge is -2.17. The van der Waals surface area contributed by atoms with Crippen LogP contribution in [0.2, 0.25) is 0 Å². The molecule has 5 heteroatoms. The van der Waals surface area contributed by atoms with Gasteiger partial charge in [0.25, 0.3) is 0 Å². The molecule has 2 atom stereocenters. The van der Waals surface area contributed by atoms with Gasteiger partial charge >= 0.3 is 0 Å². The zero-order chi connectivity index (χ0) is 15.1. The molecule has 0 aliphatic rings. The second-order valence-corrected chi connectivity index (χ2v) is 5.14.